The minimum absolute atomic E-state index is 0.0501. The Morgan fingerprint density at radius 2 is 1.77 bits per heavy atom. The van der Waals surface area contributed by atoms with Crippen LogP contribution in [0.5, 0.6) is 0 Å². The number of sulfonamides is 1. The first-order chi connectivity index (χ1) is 12.4. The van der Waals surface area contributed by atoms with Crippen molar-refractivity contribution in [3.05, 3.63) is 64.2 Å². The number of hydrogen-bond acceptors (Lipinski definition) is 4. The van der Waals surface area contributed by atoms with Gasteiger partial charge in [0.25, 0.3) is 0 Å². The van der Waals surface area contributed by atoms with Crippen LogP contribution in [0.3, 0.4) is 0 Å². The van der Waals surface area contributed by atoms with Crippen LogP contribution in [0.25, 0.3) is 0 Å². The number of hydrogen-bond donors (Lipinski definition) is 0. The molecule has 3 rings (SSSR count). The molecule has 0 saturated carbocycles. The lowest BCUT2D eigenvalue weighted by Crippen LogP contribution is -2.28. The highest BCUT2D eigenvalue weighted by molar-refractivity contribution is 7.89. The van der Waals surface area contributed by atoms with E-state index in [-0.39, 0.29) is 22.1 Å². The maximum Gasteiger partial charge on any atom is 0.338 e. The average Bonchev–Trinajstić information content (AvgIpc) is 3.17. The van der Waals surface area contributed by atoms with Crippen molar-refractivity contribution in [2.24, 2.45) is 0 Å². The summed E-state index contributed by atoms with van der Waals surface area (Å²) in [5.41, 5.74) is 2.15. The second-order valence-corrected chi connectivity index (χ2v) is 8.63. The van der Waals surface area contributed by atoms with Gasteiger partial charge in [0.2, 0.25) is 10.0 Å². The molecule has 1 heterocycles. The summed E-state index contributed by atoms with van der Waals surface area (Å²) in [5, 5.41) is 0.104. The van der Waals surface area contributed by atoms with Crippen LogP contribution >= 0.6 is 11.6 Å². The number of halogens is 1. The summed E-state index contributed by atoms with van der Waals surface area (Å²) in [4.78, 5) is 12.3. The lowest BCUT2D eigenvalue weighted by molar-refractivity contribution is 0.0472. The summed E-state index contributed by atoms with van der Waals surface area (Å²) in [6, 6.07) is 11.8. The molecule has 1 saturated heterocycles. The van der Waals surface area contributed by atoms with E-state index in [0.717, 1.165) is 24.0 Å². The molecule has 1 fully saturated rings. The van der Waals surface area contributed by atoms with E-state index in [1.54, 1.807) is 0 Å². The van der Waals surface area contributed by atoms with E-state index >= 15 is 0 Å². The Labute approximate surface area is 158 Å². The minimum Gasteiger partial charge on any atom is -0.457 e. The van der Waals surface area contributed by atoms with Gasteiger partial charge in [-0.2, -0.15) is 4.31 Å². The molecule has 1 aliphatic heterocycles. The van der Waals surface area contributed by atoms with Crippen molar-refractivity contribution in [1.82, 2.24) is 4.31 Å². The van der Waals surface area contributed by atoms with Gasteiger partial charge in [-0.3, -0.25) is 0 Å². The van der Waals surface area contributed by atoms with Crippen molar-refractivity contribution >= 4 is 27.6 Å². The van der Waals surface area contributed by atoms with Crippen LogP contribution in [0.1, 0.15) is 34.3 Å². The number of carbonyl (C=O) groups excluding carboxylic acids is 1. The van der Waals surface area contributed by atoms with Crippen LogP contribution in [0, 0.1) is 6.92 Å². The van der Waals surface area contributed by atoms with Gasteiger partial charge in [-0.25, -0.2) is 13.2 Å². The largest absolute Gasteiger partial charge is 0.457 e. The number of benzene rings is 2. The molecule has 0 radical (unpaired) electrons. The molecule has 2 aromatic carbocycles. The number of esters is 1. The lowest BCUT2D eigenvalue weighted by atomic mass is 10.2. The number of carbonyl (C=O) groups is 1. The number of ether oxygens (including phenoxy) is 1. The zero-order chi connectivity index (χ0) is 18.7. The molecule has 0 amide bonds. The molecular formula is C19H20ClNO4S. The molecule has 0 aliphatic carbocycles. The van der Waals surface area contributed by atoms with Crippen molar-refractivity contribution in [3.63, 3.8) is 0 Å². The highest BCUT2D eigenvalue weighted by Crippen LogP contribution is 2.28. The third-order valence-corrected chi connectivity index (χ3v) is 6.72. The van der Waals surface area contributed by atoms with Crippen molar-refractivity contribution in [1.29, 1.82) is 0 Å². The first kappa shape index (κ1) is 18.9. The van der Waals surface area contributed by atoms with E-state index in [1.165, 1.54) is 22.5 Å². The second kappa shape index (κ2) is 7.78. The normalized spacial score (nSPS) is 15.2. The Morgan fingerprint density at radius 3 is 2.42 bits per heavy atom. The summed E-state index contributed by atoms with van der Waals surface area (Å²) in [6.45, 7) is 3.04. The van der Waals surface area contributed by atoms with Gasteiger partial charge in [-0.15, -0.1) is 0 Å². The van der Waals surface area contributed by atoms with E-state index < -0.39 is 16.0 Å². The van der Waals surface area contributed by atoms with E-state index in [1.807, 2.05) is 31.2 Å². The van der Waals surface area contributed by atoms with Gasteiger partial charge in [0, 0.05) is 13.1 Å². The zero-order valence-electron chi connectivity index (χ0n) is 14.4. The van der Waals surface area contributed by atoms with Gasteiger partial charge >= 0.3 is 5.97 Å². The van der Waals surface area contributed by atoms with Crippen molar-refractivity contribution in [2.75, 3.05) is 13.1 Å². The third-order valence-electron chi connectivity index (χ3n) is 4.34. The minimum atomic E-state index is -3.70. The molecule has 7 heteroatoms. The number of nitrogens with zero attached hydrogens (tertiary/aromatic N) is 1. The van der Waals surface area contributed by atoms with Crippen molar-refractivity contribution < 1.29 is 17.9 Å². The first-order valence-corrected chi connectivity index (χ1v) is 10.2. The Hall–Kier alpha value is -1.89. The van der Waals surface area contributed by atoms with E-state index in [4.69, 9.17) is 16.3 Å². The number of aryl methyl sites for hydroxylation is 1. The average molecular weight is 394 g/mol. The van der Waals surface area contributed by atoms with Gasteiger partial charge < -0.3 is 4.74 Å². The maximum absolute atomic E-state index is 12.7. The molecule has 0 aromatic heterocycles. The molecule has 0 spiro atoms. The Bertz CT molecular complexity index is 904. The molecule has 5 nitrogen and oxygen atoms in total. The topological polar surface area (TPSA) is 63.7 Å². The molecule has 26 heavy (non-hydrogen) atoms. The van der Waals surface area contributed by atoms with Gasteiger partial charge in [-0.05, 0) is 43.5 Å². The van der Waals surface area contributed by atoms with E-state index in [0.29, 0.717) is 13.1 Å². The van der Waals surface area contributed by atoms with Gasteiger partial charge in [0.05, 0.1) is 10.6 Å². The Balaban J connectivity index is 1.78. The first-order valence-electron chi connectivity index (χ1n) is 8.40. The Morgan fingerprint density at radius 1 is 1.12 bits per heavy atom. The fraction of sp³-hybridized carbons (Fsp3) is 0.316. The zero-order valence-corrected chi connectivity index (χ0v) is 16.0. The second-order valence-electron chi connectivity index (χ2n) is 6.32. The summed E-state index contributed by atoms with van der Waals surface area (Å²) in [5.74, 6) is -0.583. The summed E-state index contributed by atoms with van der Waals surface area (Å²) < 4.78 is 32.2. The summed E-state index contributed by atoms with van der Waals surface area (Å²) in [7, 11) is -3.70. The summed E-state index contributed by atoms with van der Waals surface area (Å²) >= 11 is 6.09. The van der Waals surface area contributed by atoms with Crippen LogP contribution in [0.4, 0.5) is 0 Å². The monoisotopic (exact) mass is 393 g/mol. The Kier molecular flexibility index (Phi) is 5.65. The van der Waals surface area contributed by atoms with Crippen LogP contribution in [0.2, 0.25) is 5.02 Å². The quantitative estimate of drug-likeness (QED) is 0.725. The summed E-state index contributed by atoms with van der Waals surface area (Å²) in [6.07, 6.45) is 1.66. The van der Waals surface area contributed by atoms with Gasteiger partial charge in [-0.1, -0.05) is 41.4 Å². The van der Waals surface area contributed by atoms with Gasteiger partial charge in [0.15, 0.2) is 0 Å². The SMILES string of the molecule is Cc1ccc(COC(=O)c2ccc(Cl)c(S(=O)(=O)N3CCCC3)c2)cc1. The predicted octanol–water partition coefficient (Wildman–Crippen LogP) is 3.79. The molecule has 0 unspecified atom stereocenters. The third kappa shape index (κ3) is 4.09. The van der Waals surface area contributed by atoms with Crippen LogP contribution in [-0.4, -0.2) is 31.8 Å². The highest BCUT2D eigenvalue weighted by atomic mass is 35.5. The maximum atomic E-state index is 12.7. The van der Waals surface area contributed by atoms with E-state index in [9.17, 15) is 13.2 Å². The standard InChI is InChI=1S/C19H20ClNO4S/c1-14-4-6-15(7-5-14)13-25-19(22)16-8-9-17(20)18(12-16)26(23,24)21-10-2-3-11-21/h4-9,12H,2-3,10-11,13H2,1H3. The van der Waals surface area contributed by atoms with Crippen molar-refractivity contribution in [2.45, 2.75) is 31.3 Å². The molecule has 138 valence electrons. The molecule has 0 N–H and O–H groups in total. The van der Waals surface area contributed by atoms with E-state index in [2.05, 4.69) is 0 Å². The van der Waals surface area contributed by atoms with Crippen molar-refractivity contribution in [3.8, 4) is 0 Å². The fourth-order valence-electron chi connectivity index (χ4n) is 2.81. The van der Waals surface area contributed by atoms with Crippen LogP contribution in [-0.2, 0) is 21.4 Å². The molecule has 1 aliphatic rings. The lowest BCUT2D eigenvalue weighted by Gasteiger charge is -2.17. The van der Waals surface area contributed by atoms with Gasteiger partial charge in [0.1, 0.15) is 11.5 Å². The molecule has 2 aromatic rings. The molecular weight excluding hydrogens is 374 g/mol. The van der Waals surface area contributed by atoms with Crippen LogP contribution in [0.15, 0.2) is 47.4 Å². The predicted molar refractivity (Wildman–Crippen MR) is 99.7 cm³/mol. The highest BCUT2D eigenvalue weighted by Gasteiger charge is 2.29. The van der Waals surface area contributed by atoms with Crippen LogP contribution < -0.4 is 0 Å². The fourth-order valence-corrected chi connectivity index (χ4v) is 4.83. The molecule has 0 bridgehead atoms. The smallest absolute Gasteiger partial charge is 0.338 e. The number of rotatable bonds is 5. The molecule has 0 atom stereocenters.